The van der Waals surface area contributed by atoms with Crippen LogP contribution in [0.1, 0.15) is 39.0 Å². The molecule has 2 nitrogen and oxygen atoms in total. The second-order valence-corrected chi connectivity index (χ2v) is 4.37. The van der Waals surface area contributed by atoms with Crippen LogP contribution in [0, 0.1) is 11.8 Å². The van der Waals surface area contributed by atoms with Crippen molar-refractivity contribution in [3.05, 3.63) is 0 Å². The lowest BCUT2D eigenvalue weighted by molar-refractivity contribution is 0.296. The molecule has 1 fully saturated rings. The molecule has 0 bridgehead atoms. The predicted molar refractivity (Wildman–Crippen MR) is 52.8 cm³/mol. The molecule has 0 aliphatic heterocycles. The molecule has 4 N–H and O–H groups in total. The summed E-state index contributed by atoms with van der Waals surface area (Å²) in [7, 11) is 0. The zero-order valence-electron chi connectivity index (χ0n) is 8.13. The van der Waals surface area contributed by atoms with Gasteiger partial charge in [0.05, 0.1) is 0 Å². The molecule has 0 aromatic heterocycles. The van der Waals surface area contributed by atoms with E-state index in [0.717, 1.165) is 18.9 Å². The lowest BCUT2D eigenvalue weighted by Crippen LogP contribution is -2.30. The monoisotopic (exact) mass is 170 g/mol. The highest BCUT2D eigenvalue weighted by Crippen LogP contribution is 2.25. The van der Waals surface area contributed by atoms with Crippen LogP contribution in [0.3, 0.4) is 0 Å². The number of rotatable bonds is 1. The van der Waals surface area contributed by atoms with Crippen molar-refractivity contribution in [3.8, 4) is 0 Å². The smallest absolute Gasteiger partial charge is 0.00419 e. The second-order valence-electron chi connectivity index (χ2n) is 4.37. The fraction of sp³-hybridized carbons (Fsp3) is 1.00. The maximum Gasteiger partial charge on any atom is 0.00419 e. The molecule has 3 atom stereocenters. The molecule has 0 saturated heterocycles. The van der Waals surface area contributed by atoms with E-state index in [4.69, 9.17) is 11.5 Å². The van der Waals surface area contributed by atoms with Gasteiger partial charge in [-0.15, -0.1) is 0 Å². The van der Waals surface area contributed by atoms with Gasteiger partial charge in [-0.25, -0.2) is 0 Å². The van der Waals surface area contributed by atoms with Gasteiger partial charge in [0, 0.05) is 6.04 Å². The highest BCUT2D eigenvalue weighted by Gasteiger charge is 2.18. The fourth-order valence-corrected chi connectivity index (χ4v) is 2.25. The van der Waals surface area contributed by atoms with Crippen molar-refractivity contribution in [2.45, 2.75) is 45.1 Å². The molecule has 0 spiro atoms. The van der Waals surface area contributed by atoms with Crippen molar-refractivity contribution < 1.29 is 0 Å². The third-order valence-electron chi connectivity index (χ3n) is 2.98. The predicted octanol–water partition coefficient (Wildman–Crippen LogP) is 1.49. The van der Waals surface area contributed by atoms with Gasteiger partial charge in [-0.1, -0.05) is 19.8 Å². The minimum atomic E-state index is 0.408. The van der Waals surface area contributed by atoms with E-state index in [1.165, 1.54) is 25.7 Å². The first-order valence-electron chi connectivity index (χ1n) is 5.18. The topological polar surface area (TPSA) is 52.0 Å². The molecule has 72 valence electrons. The van der Waals surface area contributed by atoms with Gasteiger partial charge >= 0.3 is 0 Å². The summed E-state index contributed by atoms with van der Waals surface area (Å²) in [5, 5.41) is 0. The van der Waals surface area contributed by atoms with Gasteiger partial charge in [-0.3, -0.25) is 0 Å². The van der Waals surface area contributed by atoms with Gasteiger partial charge < -0.3 is 11.5 Å². The molecule has 0 heterocycles. The molecule has 2 heteroatoms. The van der Waals surface area contributed by atoms with Crippen LogP contribution >= 0.6 is 0 Å². The van der Waals surface area contributed by atoms with Crippen molar-refractivity contribution >= 4 is 0 Å². The Morgan fingerprint density at radius 1 is 1.25 bits per heavy atom. The SMILES string of the molecule is CC1CCCC(N)CC(CN)C1. The van der Waals surface area contributed by atoms with Gasteiger partial charge in [0.25, 0.3) is 0 Å². The molecule has 0 amide bonds. The Kier molecular flexibility index (Phi) is 4.02. The zero-order valence-corrected chi connectivity index (χ0v) is 8.13. The molecule has 1 saturated carbocycles. The first kappa shape index (κ1) is 10.0. The second kappa shape index (κ2) is 4.83. The maximum atomic E-state index is 5.96. The molecular formula is C10H22N2. The van der Waals surface area contributed by atoms with Crippen LogP contribution in [0.25, 0.3) is 0 Å². The minimum absolute atomic E-state index is 0.408. The summed E-state index contributed by atoms with van der Waals surface area (Å²) >= 11 is 0. The number of hydrogen-bond donors (Lipinski definition) is 2. The van der Waals surface area contributed by atoms with Crippen LogP contribution in [-0.4, -0.2) is 12.6 Å². The molecule has 1 aliphatic carbocycles. The first-order valence-corrected chi connectivity index (χ1v) is 5.18. The Balaban J connectivity index is 2.39. The van der Waals surface area contributed by atoms with Crippen LogP contribution in [0.5, 0.6) is 0 Å². The van der Waals surface area contributed by atoms with E-state index in [1.54, 1.807) is 0 Å². The van der Waals surface area contributed by atoms with Crippen molar-refractivity contribution in [3.63, 3.8) is 0 Å². The highest BCUT2D eigenvalue weighted by atomic mass is 14.6. The molecule has 3 unspecified atom stereocenters. The Labute approximate surface area is 75.7 Å². The lowest BCUT2D eigenvalue weighted by Gasteiger charge is -2.26. The van der Waals surface area contributed by atoms with Crippen LogP contribution in [-0.2, 0) is 0 Å². The van der Waals surface area contributed by atoms with E-state index in [2.05, 4.69) is 6.92 Å². The Morgan fingerprint density at radius 3 is 2.67 bits per heavy atom. The first-order chi connectivity index (χ1) is 5.72. The van der Waals surface area contributed by atoms with E-state index in [9.17, 15) is 0 Å². The van der Waals surface area contributed by atoms with Crippen molar-refractivity contribution in [2.24, 2.45) is 23.3 Å². The van der Waals surface area contributed by atoms with Crippen molar-refractivity contribution in [1.82, 2.24) is 0 Å². The van der Waals surface area contributed by atoms with Crippen LogP contribution in [0.15, 0.2) is 0 Å². The summed E-state index contributed by atoms with van der Waals surface area (Å²) in [6, 6.07) is 0.408. The third kappa shape index (κ3) is 3.11. The molecule has 0 aromatic rings. The van der Waals surface area contributed by atoms with Gasteiger partial charge in [0.15, 0.2) is 0 Å². The van der Waals surface area contributed by atoms with Gasteiger partial charge in [-0.05, 0) is 37.6 Å². The number of hydrogen-bond acceptors (Lipinski definition) is 2. The summed E-state index contributed by atoms with van der Waals surface area (Å²) < 4.78 is 0. The quantitative estimate of drug-likeness (QED) is 0.626. The molecule has 1 rings (SSSR count). The minimum Gasteiger partial charge on any atom is -0.330 e. The van der Waals surface area contributed by atoms with E-state index in [-0.39, 0.29) is 0 Å². The summed E-state index contributed by atoms with van der Waals surface area (Å²) in [5.41, 5.74) is 11.7. The van der Waals surface area contributed by atoms with Gasteiger partial charge in [0.2, 0.25) is 0 Å². The standard InChI is InChI=1S/C10H22N2/c1-8-3-2-4-10(12)6-9(5-8)7-11/h8-10H,2-7,11-12H2,1H3. The summed E-state index contributed by atoms with van der Waals surface area (Å²) in [6.07, 6.45) is 6.26. The average Bonchev–Trinajstić information content (AvgIpc) is 2.00. The van der Waals surface area contributed by atoms with E-state index in [1.807, 2.05) is 0 Å². The molecule has 0 aromatic carbocycles. The van der Waals surface area contributed by atoms with Crippen LogP contribution in [0.4, 0.5) is 0 Å². The third-order valence-corrected chi connectivity index (χ3v) is 2.98. The van der Waals surface area contributed by atoms with E-state index in [0.29, 0.717) is 12.0 Å². The molecule has 0 radical (unpaired) electrons. The molecule has 12 heavy (non-hydrogen) atoms. The van der Waals surface area contributed by atoms with Crippen molar-refractivity contribution in [1.29, 1.82) is 0 Å². The molecular weight excluding hydrogens is 148 g/mol. The Hall–Kier alpha value is -0.0800. The largest absolute Gasteiger partial charge is 0.330 e. The van der Waals surface area contributed by atoms with Crippen molar-refractivity contribution in [2.75, 3.05) is 6.54 Å². The van der Waals surface area contributed by atoms with Crippen LogP contribution in [0.2, 0.25) is 0 Å². The summed E-state index contributed by atoms with van der Waals surface area (Å²) in [5.74, 6) is 1.53. The van der Waals surface area contributed by atoms with Gasteiger partial charge in [0.1, 0.15) is 0 Å². The van der Waals surface area contributed by atoms with E-state index >= 15 is 0 Å². The summed E-state index contributed by atoms with van der Waals surface area (Å²) in [6.45, 7) is 3.15. The Bertz CT molecular complexity index is 113. The number of nitrogens with two attached hydrogens (primary N) is 2. The Morgan fingerprint density at radius 2 is 2.00 bits per heavy atom. The van der Waals surface area contributed by atoms with E-state index < -0.39 is 0 Å². The highest BCUT2D eigenvalue weighted by molar-refractivity contribution is 4.74. The fourth-order valence-electron chi connectivity index (χ4n) is 2.25. The maximum absolute atomic E-state index is 5.96. The summed E-state index contributed by atoms with van der Waals surface area (Å²) in [4.78, 5) is 0. The average molecular weight is 170 g/mol. The zero-order chi connectivity index (χ0) is 8.97. The lowest BCUT2D eigenvalue weighted by atomic mass is 9.83. The van der Waals surface area contributed by atoms with Gasteiger partial charge in [-0.2, -0.15) is 0 Å². The normalized spacial score (nSPS) is 38.8. The molecule has 1 aliphatic rings. The van der Waals surface area contributed by atoms with Crippen LogP contribution < -0.4 is 11.5 Å².